The van der Waals surface area contributed by atoms with Gasteiger partial charge in [-0.15, -0.1) is 0 Å². The second-order valence-electron chi connectivity index (χ2n) is 5.61. The van der Waals surface area contributed by atoms with E-state index in [0.29, 0.717) is 6.54 Å². The van der Waals surface area contributed by atoms with Crippen LogP contribution in [-0.2, 0) is 11.8 Å². The molecule has 1 fully saturated rings. The molecule has 1 aromatic rings. The van der Waals surface area contributed by atoms with Gasteiger partial charge in [0, 0.05) is 37.9 Å². The highest BCUT2D eigenvalue weighted by Crippen LogP contribution is 2.16. The lowest BCUT2D eigenvalue weighted by atomic mass is 9.99. The lowest BCUT2D eigenvalue weighted by molar-refractivity contribution is -0.131. The zero-order valence-corrected chi connectivity index (χ0v) is 12.1. The molecule has 5 heteroatoms. The predicted molar refractivity (Wildman–Crippen MR) is 74.6 cm³/mol. The Morgan fingerprint density at radius 1 is 1.53 bits per heavy atom. The fourth-order valence-corrected chi connectivity index (χ4v) is 2.39. The summed E-state index contributed by atoms with van der Waals surface area (Å²) in [7, 11) is 1.90. The quantitative estimate of drug-likeness (QED) is 0.892. The highest BCUT2D eigenvalue weighted by atomic mass is 16.2. The van der Waals surface area contributed by atoms with Gasteiger partial charge in [0.05, 0.1) is 12.7 Å². The van der Waals surface area contributed by atoms with Crippen LogP contribution in [0.3, 0.4) is 0 Å². The SMILES string of the molecule is CC1CCN(C(=O)CN[C@H](C)c2cnn(C)c2)CC1. The summed E-state index contributed by atoms with van der Waals surface area (Å²) in [6, 6.07) is 0.154. The molecule has 0 unspecified atom stereocenters. The monoisotopic (exact) mass is 264 g/mol. The van der Waals surface area contributed by atoms with E-state index in [2.05, 4.69) is 24.3 Å². The molecule has 0 saturated carbocycles. The lowest BCUT2D eigenvalue weighted by Crippen LogP contribution is -2.43. The largest absolute Gasteiger partial charge is 0.342 e. The van der Waals surface area contributed by atoms with Gasteiger partial charge in [0.1, 0.15) is 0 Å². The summed E-state index contributed by atoms with van der Waals surface area (Å²) in [5, 5.41) is 7.42. The van der Waals surface area contributed by atoms with Gasteiger partial charge in [-0.05, 0) is 25.7 Å². The van der Waals surface area contributed by atoms with Crippen LogP contribution in [0, 0.1) is 5.92 Å². The first-order chi connectivity index (χ1) is 9.06. The summed E-state index contributed by atoms with van der Waals surface area (Å²) in [5.41, 5.74) is 1.11. The van der Waals surface area contributed by atoms with Crippen molar-refractivity contribution in [2.24, 2.45) is 13.0 Å². The minimum atomic E-state index is 0.154. The summed E-state index contributed by atoms with van der Waals surface area (Å²) < 4.78 is 1.78. The Kier molecular flexibility index (Phi) is 4.58. The Labute approximate surface area is 115 Å². The van der Waals surface area contributed by atoms with E-state index in [1.54, 1.807) is 4.68 Å². The van der Waals surface area contributed by atoms with Crippen LogP contribution in [0.2, 0.25) is 0 Å². The van der Waals surface area contributed by atoms with Crippen molar-refractivity contribution < 1.29 is 4.79 Å². The first-order valence-corrected chi connectivity index (χ1v) is 7.06. The third-order valence-electron chi connectivity index (χ3n) is 3.92. The van der Waals surface area contributed by atoms with Crippen molar-refractivity contribution in [3.8, 4) is 0 Å². The number of hydrogen-bond donors (Lipinski definition) is 1. The van der Waals surface area contributed by atoms with E-state index >= 15 is 0 Å². The van der Waals surface area contributed by atoms with Gasteiger partial charge in [0.15, 0.2) is 0 Å². The number of carbonyl (C=O) groups is 1. The molecule has 0 spiro atoms. The fourth-order valence-electron chi connectivity index (χ4n) is 2.39. The van der Waals surface area contributed by atoms with E-state index in [-0.39, 0.29) is 11.9 Å². The van der Waals surface area contributed by atoms with Crippen molar-refractivity contribution in [3.63, 3.8) is 0 Å². The number of likely N-dealkylation sites (tertiary alicyclic amines) is 1. The van der Waals surface area contributed by atoms with Gasteiger partial charge in [0.2, 0.25) is 5.91 Å². The molecule has 1 aliphatic rings. The number of carbonyl (C=O) groups excluding carboxylic acids is 1. The average Bonchev–Trinajstić information content (AvgIpc) is 2.83. The van der Waals surface area contributed by atoms with Crippen molar-refractivity contribution in [2.45, 2.75) is 32.7 Å². The normalized spacial score (nSPS) is 18.6. The van der Waals surface area contributed by atoms with Gasteiger partial charge < -0.3 is 10.2 Å². The zero-order valence-electron chi connectivity index (χ0n) is 12.1. The van der Waals surface area contributed by atoms with E-state index in [9.17, 15) is 4.79 Å². The topological polar surface area (TPSA) is 50.2 Å². The molecular formula is C14H24N4O. The molecule has 0 radical (unpaired) electrons. The molecule has 2 heterocycles. The van der Waals surface area contributed by atoms with Gasteiger partial charge >= 0.3 is 0 Å². The van der Waals surface area contributed by atoms with Gasteiger partial charge in [-0.2, -0.15) is 5.10 Å². The van der Waals surface area contributed by atoms with Crippen LogP contribution in [0.5, 0.6) is 0 Å². The van der Waals surface area contributed by atoms with Gasteiger partial charge in [-0.25, -0.2) is 0 Å². The Morgan fingerprint density at radius 2 is 2.21 bits per heavy atom. The maximum Gasteiger partial charge on any atom is 0.236 e. The number of amides is 1. The minimum absolute atomic E-state index is 0.154. The number of nitrogens with one attached hydrogen (secondary N) is 1. The van der Waals surface area contributed by atoms with E-state index in [1.807, 2.05) is 24.3 Å². The Hall–Kier alpha value is -1.36. The Morgan fingerprint density at radius 3 is 2.79 bits per heavy atom. The predicted octanol–water partition coefficient (Wildman–Crippen LogP) is 1.33. The maximum atomic E-state index is 12.1. The number of hydrogen-bond acceptors (Lipinski definition) is 3. The van der Waals surface area contributed by atoms with E-state index in [0.717, 1.165) is 37.4 Å². The van der Waals surface area contributed by atoms with Crippen LogP contribution in [0.25, 0.3) is 0 Å². The van der Waals surface area contributed by atoms with Crippen LogP contribution in [0.15, 0.2) is 12.4 Å². The van der Waals surface area contributed by atoms with Crippen molar-refractivity contribution in [2.75, 3.05) is 19.6 Å². The molecule has 1 aliphatic heterocycles. The molecule has 1 aromatic heterocycles. The molecule has 106 valence electrons. The number of nitrogens with zero attached hydrogens (tertiary/aromatic N) is 3. The molecule has 1 atom stereocenters. The molecule has 0 bridgehead atoms. The fraction of sp³-hybridized carbons (Fsp3) is 0.714. The summed E-state index contributed by atoms with van der Waals surface area (Å²) in [6.07, 6.45) is 6.07. The van der Waals surface area contributed by atoms with Crippen molar-refractivity contribution >= 4 is 5.91 Å². The number of rotatable bonds is 4. The number of aromatic nitrogens is 2. The molecule has 19 heavy (non-hydrogen) atoms. The van der Waals surface area contributed by atoms with Crippen LogP contribution in [0.4, 0.5) is 0 Å². The third-order valence-corrected chi connectivity index (χ3v) is 3.92. The van der Waals surface area contributed by atoms with Crippen LogP contribution >= 0.6 is 0 Å². The van der Waals surface area contributed by atoms with E-state index < -0.39 is 0 Å². The van der Waals surface area contributed by atoms with Gasteiger partial charge in [0.25, 0.3) is 0 Å². The van der Waals surface area contributed by atoms with Crippen LogP contribution < -0.4 is 5.32 Å². The second kappa shape index (κ2) is 6.19. The van der Waals surface area contributed by atoms with E-state index in [4.69, 9.17) is 0 Å². The minimum Gasteiger partial charge on any atom is -0.342 e. The van der Waals surface area contributed by atoms with Gasteiger partial charge in [-0.3, -0.25) is 9.48 Å². The molecule has 1 N–H and O–H groups in total. The number of piperidine rings is 1. The molecule has 0 aromatic carbocycles. The summed E-state index contributed by atoms with van der Waals surface area (Å²) >= 11 is 0. The summed E-state index contributed by atoms with van der Waals surface area (Å²) in [4.78, 5) is 14.1. The van der Waals surface area contributed by atoms with Crippen molar-refractivity contribution in [1.82, 2.24) is 20.0 Å². The first-order valence-electron chi connectivity index (χ1n) is 7.06. The standard InChI is InChI=1S/C14H24N4O/c1-11-4-6-18(7-5-11)14(19)9-15-12(2)13-8-16-17(3)10-13/h8,10-12,15H,4-7,9H2,1-3H3/t12-/m1/s1. The van der Waals surface area contributed by atoms with Crippen molar-refractivity contribution in [1.29, 1.82) is 0 Å². The summed E-state index contributed by atoms with van der Waals surface area (Å²) in [5.74, 6) is 0.967. The molecule has 1 amide bonds. The highest BCUT2D eigenvalue weighted by molar-refractivity contribution is 5.78. The maximum absolute atomic E-state index is 12.1. The molecule has 5 nitrogen and oxygen atoms in total. The first kappa shape index (κ1) is 14.1. The molecule has 1 saturated heterocycles. The smallest absolute Gasteiger partial charge is 0.236 e. The van der Waals surface area contributed by atoms with Crippen molar-refractivity contribution in [3.05, 3.63) is 18.0 Å². The molecule has 0 aliphatic carbocycles. The molecule has 2 rings (SSSR count). The third kappa shape index (κ3) is 3.80. The average molecular weight is 264 g/mol. The summed E-state index contributed by atoms with van der Waals surface area (Å²) in [6.45, 7) is 6.53. The zero-order chi connectivity index (χ0) is 13.8. The van der Waals surface area contributed by atoms with Gasteiger partial charge in [-0.1, -0.05) is 6.92 Å². The Balaban J connectivity index is 1.77. The second-order valence-corrected chi connectivity index (χ2v) is 5.61. The van der Waals surface area contributed by atoms with E-state index in [1.165, 1.54) is 0 Å². The highest BCUT2D eigenvalue weighted by Gasteiger charge is 2.20. The Bertz CT molecular complexity index is 421. The molecular weight excluding hydrogens is 240 g/mol. The number of aryl methyl sites for hydroxylation is 1. The van der Waals surface area contributed by atoms with Crippen LogP contribution in [-0.4, -0.2) is 40.2 Å². The lowest BCUT2D eigenvalue weighted by Gasteiger charge is -2.30. The van der Waals surface area contributed by atoms with Crippen LogP contribution in [0.1, 0.15) is 38.3 Å².